The van der Waals surface area contributed by atoms with Crippen molar-refractivity contribution in [1.29, 1.82) is 0 Å². The van der Waals surface area contributed by atoms with Crippen molar-refractivity contribution in [1.82, 2.24) is 9.97 Å². The van der Waals surface area contributed by atoms with Crippen LogP contribution in [0.3, 0.4) is 0 Å². The molecule has 0 aliphatic carbocycles. The van der Waals surface area contributed by atoms with Crippen LogP contribution < -0.4 is 5.43 Å². The second-order valence-electron chi connectivity index (χ2n) is 5.13. The van der Waals surface area contributed by atoms with Gasteiger partial charge in [-0.15, -0.1) is 0 Å². The van der Waals surface area contributed by atoms with Gasteiger partial charge >= 0.3 is 5.97 Å². The number of hydrogen-bond acceptors (Lipinski definition) is 5. The Morgan fingerprint density at radius 2 is 2.09 bits per heavy atom. The molecule has 0 saturated carbocycles. The number of nitrogens with zero attached hydrogens (tertiary/aromatic N) is 2. The van der Waals surface area contributed by atoms with Gasteiger partial charge in [0.15, 0.2) is 11.2 Å². The first kappa shape index (κ1) is 14.9. The Morgan fingerprint density at radius 3 is 2.74 bits per heavy atom. The molecule has 1 aromatic carbocycles. The average molecular weight is 310 g/mol. The van der Waals surface area contributed by atoms with Gasteiger partial charge in [0.25, 0.3) is 0 Å². The fourth-order valence-corrected chi connectivity index (χ4v) is 2.46. The molecule has 0 bridgehead atoms. The number of carboxylic acids is 1. The Kier molecular flexibility index (Phi) is 3.89. The molecule has 2 heterocycles. The number of carboxylic acid groups (broad SMARTS) is 1. The fourth-order valence-electron chi connectivity index (χ4n) is 2.46. The van der Waals surface area contributed by atoms with Crippen molar-refractivity contribution >= 4 is 16.9 Å². The topological polar surface area (TPSA) is 93.3 Å². The molecule has 0 atom stereocenters. The minimum absolute atomic E-state index is 0.0838. The molecule has 2 aromatic heterocycles. The van der Waals surface area contributed by atoms with Crippen molar-refractivity contribution in [3.8, 4) is 11.5 Å². The zero-order valence-electron chi connectivity index (χ0n) is 12.4. The zero-order valence-corrected chi connectivity index (χ0v) is 12.4. The monoisotopic (exact) mass is 310 g/mol. The maximum atomic E-state index is 12.4. The van der Waals surface area contributed by atoms with Gasteiger partial charge in [0.05, 0.1) is 17.1 Å². The second kappa shape index (κ2) is 6.00. The molecule has 6 heteroatoms. The van der Waals surface area contributed by atoms with Crippen molar-refractivity contribution in [2.45, 2.75) is 19.8 Å². The molecular weight excluding hydrogens is 296 g/mol. The van der Waals surface area contributed by atoms with Gasteiger partial charge in [-0.05, 0) is 24.1 Å². The zero-order chi connectivity index (χ0) is 16.4. The molecule has 0 amide bonds. The molecule has 116 valence electrons. The number of aryl methyl sites for hydroxylation is 1. The van der Waals surface area contributed by atoms with E-state index in [0.29, 0.717) is 29.0 Å². The standard InChI is InChI=1S/C17H14N2O4/c1-2-3-10-6-11(17(21)22)7-12-14(20)8-15(23-16(10)12)13-9-18-4-5-19-13/h4-9H,2-3H2,1H3,(H,21,22). The summed E-state index contributed by atoms with van der Waals surface area (Å²) in [5.74, 6) is -0.752. The molecule has 23 heavy (non-hydrogen) atoms. The number of hydrogen-bond donors (Lipinski definition) is 1. The molecule has 1 N–H and O–H groups in total. The van der Waals surface area contributed by atoms with Gasteiger partial charge in [-0.2, -0.15) is 0 Å². The lowest BCUT2D eigenvalue weighted by Crippen LogP contribution is -2.06. The molecule has 0 radical (unpaired) electrons. The van der Waals surface area contributed by atoms with E-state index in [1.165, 1.54) is 30.7 Å². The van der Waals surface area contributed by atoms with Crippen molar-refractivity contribution in [2.75, 3.05) is 0 Å². The highest BCUT2D eigenvalue weighted by Gasteiger charge is 2.15. The van der Waals surface area contributed by atoms with Crippen molar-refractivity contribution in [2.24, 2.45) is 0 Å². The van der Waals surface area contributed by atoms with Crippen LogP contribution in [0.5, 0.6) is 0 Å². The predicted molar refractivity (Wildman–Crippen MR) is 84.5 cm³/mol. The summed E-state index contributed by atoms with van der Waals surface area (Å²) in [6.07, 6.45) is 5.97. The van der Waals surface area contributed by atoms with E-state index < -0.39 is 5.97 Å². The normalized spacial score (nSPS) is 10.8. The smallest absolute Gasteiger partial charge is 0.335 e. The number of fused-ring (bicyclic) bond motifs is 1. The van der Waals surface area contributed by atoms with Crippen LogP contribution in [-0.4, -0.2) is 21.0 Å². The first-order valence-corrected chi connectivity index (χ1v) is 7.20. The number of rotatable bonds is 4. The maximum absolute atomic E-state index is 12.4. The van der Waals surface area contributed by atoms with Crippen LogP contribution in [0.4, 0.5) is 0 Å². The summed E-state index contributed by atoms with van der Waals surface area (Å²) in [6, 6.07) is 4.22. The highest BCUT2D eigenvalue weighted by molar-refractivity contribution is 5.94. The molecule has 3 aromatic rings. The van der Waals surface area contributed by atoms with Crippen molar-refractivity contribution < 1.29 is 14.3 Å². The Morgan fingerprint density at radius 1 is 1.26 bits per heavy atom. The van der Waals surface area contributed by atoms with Crippen LogP contribution >= 0.6 is 0 Å². The van der Waals surface area contributed by atoms with Gasteiger partial charge in [0.2, 0.25) is 0 Å². The van der Waals surface area contributed by atoms with E-state index >= 15 is 0 Å². The third kappa shape index (κ3) is 2.83. The summed E-state index contributed by atoms with van der Waals surface area (Å²) in [5, 5.41) is 9.47. The van der Waals surface area contributed by atoms with Gasteiger partial charge < -0.3 is 9.52 Å². The van der Waals surface area contributed by atoms with Crippen molar-refractivity contribution in [3.05, 3.63) is 58.1 Å². The van der Waals surface area contributed by atoms with Gasteiger partial charge in [-0.25, -0.2) is 9.78 Å². The molecule has 0 fully saturated rings. The third-order valence-corrected chi connectivity index (χ3v) is 3.49. The minimum Gasteiger partial charge on any atom is -0.478 e. The lowest BCUT2D eigenvalue weighted by molar-refractivity contribution is 0.0697. The van der Waals surface area contributed by atoms with E-state index in [4.69, 9.17) is 4.42 Å². The predicted octanol–water partition coefficient (Wildman–Crippen LogP) is 2.90. The second-order valence-corrected chi connectivity index (χ2v) is 5.13. The number of aromatic carboxylic acids is 1. The fraction of sp³-hybridized carbons (Fsp3) is 0.176. The quantitative estimate of drug-likeness (QED) is 0.796. The largest absolute Gasteiger partial charge is 0.478 e. The van der Waals surface area contributed by atoms with E-state index in [1.54, 1.807) is 6.07 Å². The Balaban J connectivity index is 2.31. The van der Waals surface area contributed by atoms with Crippen molar-refractivity contribution in [3.63, 3.8) is 0 Å². The molecule has 0 spiro atoms. The van der Waals surface area contributed by atoms with Crippen LogP contribution in [0.15, 0.2) is 46.0 Å². The first-order valence-electron chi connectivity index (χ1n) is 7.20. The van der Waals surface area contributed by atoms with E-state index in [9.17, 15) is 14.7 Å². The van der Waals surface area contributed by atoms with E-state index in [-0.39, 0.29) is 16.4 Å². The Labute approximate surface area is 131 Å². The molecule has 0 aliphatic rings. The number of aromatic nitrogens is 2. The molecule has 3 rings (SSSR count). The minimum atomic E-state index is -1.07. The van der Waals surface area contributed by atoms with E-state index in [2.05, 4.69) is 9.97 Å². The average Bonchev–Trinajstić information content (AvgIpc) is 2.56. The summed E-state index contributed by atoms with van der Waals surface area (Å²) in [5.41, 5.74) is 1.35. The molecule has 0 saturated heterocycles. The molecular formula is C17H14N2O4. The summed E-state index contributed by atoms with van der Waals surface area (Å²) in [4.78, 5) is 31.7. The third-order valence-electron chi connectivity index (χ3n) is 3.49. The molecule has 6 nitrogen and oxygen atoms in total. The summed E-state index contributed by atoms with van der Waals surface area (Å²) in [7, 11) is 0. The van der Waals surface area contributed by atoms with E-state index in [1.807, 2.05) is 6.92 Å². The van der Waals surface area contributed by atoms with Crippen LogP contribution in [0, 0.1) is 0 Å². The van der Waals surface area contributed by atoms with Crippen LogP contribution in [-0.2, 0) is 6.42 Å². The van der Waals surface area contributed by atoms with E-state index in [0.717, 1.165) is 6.42 Å². The summed E-state index contributed by atoms with van der Waals surface area (Å²) >= 11 is 0. The van der Waals surface area contributed by atoms with Crippen LogP contribution in [0.1, 0.15) is 29.3 Å². The van der Waals surface area contributed by atoms with Gasteiger partial charge in [0, 0.05) is 18.5 Å². The SMILES string of the molecule is CCCc1cc(C(=O)O)cc2c(=O)cc(-c3cnccn3)oc12. The van der Waals surface area contributed by atoms with Gasteiger partial charge in [-0.3, -0.25) is 9.78 Å². The molecule has 0 unspecified atom stereocenters. The van der Waals surface area contributed by atoms with Gasteiger partial charge in [-0.1, -0.05) is 13.3 Å². The Bertz CT molecular complexity index is 932. The summed E-state index contributed by atoms with van der Waals surface area (Å²) in [6.45, 7) is 1.98. The molecule has 0 aliphatic heterocycles. The maximum Gasteiger partial charge on any atom is 0.335 e. The van der Waals surface area contributed by atoms with Crippen LogP contribution in [0.25, 0.3) is 22.4 Å². The lowest BCUT2D eigenvalue weighted by atomic mass is 10.0. The Hall–Kier alpha value is -3.02. The van der Waals surface area contributed by atoms with Gasteiger partial charge in [0.1, 0.15) is 11.3 Å². The van der Waals surface area contributed by atoms with Crippen LogP contribution in [0.2, 0.25) is 0 Å². The first-order chi connectivity index (χ1) is 11.1. The number of benzene rings is 1. The lowest BCUT2D eigenvalue weighted by Gasteiger charge is -2.08. The number of carbonyl (C=O) groups is 1. The highest BCUT2D eigenvalue weighted by atomic mass is 16.4. The highest BCUT2D eigenvalue weighted by Crippen LogP contribution is 2.25. The summed E-state index contributed by atoms with van der Waals surface area (Å²) < 4.78 is 5.85.